The molecule has 3 heteroatoms. The van der Waals surface area contributed by atoms with Crippen LogP contribution in [0.1, 0.15) is 19.8 Å². The minimum absolute atomic E-state index is 0.325. The lowest BCUT2D eigenvalue weighted by molar-refractivity contribution is 0.0952. The van der Waals surface area contributed by atoms with Crippen molar-refractivity contribution in [1.82, 2.24) is 10.3 Å². The summed E-state index contributed by atoms with van der Waals surface area (Å²) in [6.45, 7) is 4.33. The third kappa shape index (κ3) is 2.69. The highest BCUT2D eigenvalue weighted by Gasteiger charge is 2.25. The summed E-state index contributed by atoms with van der Waals surface area (Å²) in [5.41, 5.74) is 0. The molecule has 0 unspecified atom stereocenters. The van der Waals surface area contributed by atoms with Crippen LogP contribution in [0, 0.1) is 5.92 Å². The Kier molecular flexibility index (Phi) is 3.56. The second-order valence-electron chi connectivity index (χ2n) is 3.99. The second-order valence-corrected chi connectivity index (χ2v) is 3.99. The summed E-state index contributed by atoms with van der Waals surface area (Å²) in [5, 5.41) is 3.40. The Morgan fingerprint density at radius 2 is 2.47 bits per heavy atom. The van der Waals surface area contributed by atoms with Crippen LogP contribution in [0.4, 0.5) is 0 Å². The summed E-state index contributed by atoms with van der Waals surface area (Å²) in [6.07, 6.45) is 4.34. The molecule has 0 aromatic carbocycles. The van der Waals surface area contributed by atoms with Gasteiger partial charge in [0.05, 0.1) is 0 Å². The molecule has 1 fully saturated rings. The third-order valence-electron chi connectivity index (χ3n) is 2.97. The number of rotatable bonds is 3. The van der Waals surface area contributed by atoms with Gasteiger partial charge in [0.1, 0.15) is 6.10 Å². The zero-order valence-electron chi connectivity index (χ0n) is 9.15. The first-order valence-electron chi connectivity index (χ1n) is 5.68. The third-order valence-corrected chi connectivity index (χ3v) is 2.97. The first kappa shape index (κ1) is 10.4. The van der Waals surface area contributed by atoms with Crippen LogP contribution in [0.3, 0.4) is 0 Å². The predicted octanol–water partition coefficient (Wildman–Crippen LogP) is 1.85. The fraction of sp³-hybridized carbons (Fsp3) is 0.583. The van der Waals surface area contributed by atoms with E-state index in [0.717, 1.165) is 31.8 Å². The Morgan fingerprint density at radius 3 is 3.20 bits per heavy atom. The van der Waals surface area contributed by atoms with Crippen molar-refractivity contribution in [3.63, 3.8) is 0 Å². The molecule has 1 aliphatic rings. The molecule has 2 heterocycles. The summed E-state index contributed by atoms with van der Waals surface area (Å²) in [4.78, 5) is 4.20. The number of nitrogens with one attached hydrogen (secondary N) is 1. The zero-order valence-corrected chi connectivity index (χ0v) is 9.15. The van der Waals surface area contributed by atoms with Crippen molar-refractivity contribution in [1.29, 1.82) is 0 Å². The van der Waals surface area contributed by atoms with Crippen molar-refractivity contribution >= 4 is 0 Å². The molecule has 1 aromatic heterocycles. The number of ether oxygens (including phenoxy) is 1. The highest BCUT2D eigenvalue weighted by atomic mass is 16.5. The van der Waals surface area contributed by atoms with E-state index < -0.39 is 0 Å². The van der Waals surface area contributed by atoms with Crippen LogP contribution in [0.25, 0.3) is 0 Å². The van der Waals surface area contributed by atoms with Gasteiger partial charge in [0.15, 0.2) is 0 Å². The zero-order chi connectivity index (χ0) is 10.5. The average Bonchev–Trinajstić information content (AvgIpc) is 2.31. The van der Waals surface area contributed by atoms with Gasteiger partial charge in [-0.2, -0.15) is 0 Å². The molecule has 0 saturated carbocycles. The summed E-state index contributed by atoms with van der Waals surface area (Å²) in [6, 6.07) is 5.80. The van der Waals surface area contributed by atoms with Gasteiger partial charge in [-0.1, -0.05) is 13.0 Å². The van der Waals surface area contributed by atoms with Crippen molar-refractivity contribution < 1.29 is 4.74 Å². The Balaban J connectivity index is 1.97. The molecule has 1 saturated heterocycles. The quantitative estimate of drug-likeness (QED) is 0.819. The van der Waals surface area contributed by atoms with E-state index in [-0.39, 0.29) is 0 Å². The van der Waals surface area contributed by atoms with Gasteiger partial charge >= 0.3 is 0 Å². The molecule has 0 spiro atoms. The van der Waals surface area contributed by atoms with Crippen molar-refractivity contribution in [3.05, 3.63) is 24.4 Å². The summed E-state index contributed by atoms with van der Waals surface area (Å²) >= 11 is 0. The lowest BCUT2D eigenvalue weighted by Gasteiger charge is -2.31. The van der Waals surface area contributed by atoms with Gasteiger partial charge in [-0.3, -0.25) is 0 Å². The van der Waals surface area contributed by atoms with Gasteiger partial charge in [0.2, 0.25) is 5.88 Å². The standard InChI is InChI=1S/C12H18N2O/c1-2-10-9-13-8-6-11(10)15-12-5-3-4-7-14-12/h3-5,7,10-11,13H,2,6,8-9H2,1H3/t10-,11+/m1/s1. The normalized spacial score (nSPS) is 26.2. The fourth-order valence-corrected chi connectivity index (χ4v) is 2.03. The first-order chi connectivity index (χ1) is 7.40. The molecule has 1 aliphatic heterocycles. The lowest BCUT2D eigenvalue weighted by atomic mass is 9.93. The Labute approximate surface area is 90.9 Å². The molecule has 82 valence electrons. The molecular weight excluding hydrogens is 188 g/mol. The second kappa shape index (κ2) is 5.12. The van der Waals surface area contributed by atoms with Gasteiger partial charge < -0.3 is 10.1 Å². The molecule has 3 nitrogen and oxygen atoms in total. The molecule has 15 heavy (non-hydrogen) atoms. The number of nitrogens with zero attached hydrogens (tertiary/aromatic N) is 1. The van der Waals surface area contributed by atoms with Crippen molar-refractivity contribution in [2.24, 2.45) is 5.92 Å². The highest BCUT2D eigenvalue weighted by Crippen LogP contribution is 2.20. The van der Waals surface area contributed by atoms with Crippen LogP contribution in [-0.4, -0.2) is 24.2 Å². The summed E-state index contributed by atoms with van der Waals surface area (Å²) in [7, 11) is 0. The Hall–Kier alpha value is -1.09. The number of pyridine rings is 1. The highest BCUT2D eigenvalue weighted by molar-refractivity contribution is 5.10. The minimum atomic E-state index is 0.325. The van der Waals surface area contributed by atoms with Crippen molar-refractivity contribution in [3.8, 4) is 5.88 Å². The number of aromatic nitrogens is 1. The number of hydrogen-bond donors (Lipinski definition) is 1. The molecule has 1 N–H and O–H groups in total. The van der Waals surface area contributed by atoms with E-state index in [2.05, 4.69) is 17.2 Å². The van der Waals surface area contributed by atoms with Crippen LogP contribution < -0.4 is 10.1 Å². The van der Waals surface area contributed by atoms with Crippen molar-refractivity contribution in [2.45, 2.75) is 25.9 Å². The van der Waals surface area contributed by atoms with Gasteiger partial charge in [-0.05, 0) is 25.5 Å². The van der Waals surface area contributed by atoms with E-state index in [9.17, 15) is 0 Å². The monoisotopic (exact) mass is 206 g/mol. The average molecular weight is 206 g/mol. The van der Waals surface area contributed by atoms with Crippen LogP contribution in [0.15, 0.2) is 24.4 Å². The van der Waals surface area contributed by atoms with Crippen LogP contribution >= 0.6 is 0 Å². The van der Waals surface area contributed by atoms with E-state index in [1.54, 1.807) is 6.20 Å². The van der Waals surface area contributed by atoms with Gasteiger partial charge in [-0.15, -0.1) is 0 Å². The van der Waals surface area contributed by atoms with Crippen molar-refractivity contribution in [2.75, 3.05) is 13.1 Å². The molecule has 2 rings (SSSR count). The van der Waals surface area contributed by atoms with E-state index >= 15 is 0 Å². The summed E-state index contributed by atoms with van der Waals surface area (Å²) in [5.74, 6) is 1.36. The molecule has 0 amide bonds. The van der Waals surface area contributed by atoms with Crippen LogP contribution in [-0.2, 0) is 0 Å². The van der Waals surface area contributed by atoms with Crippen LogP contribution in [0.2, 0.25) is 0 Å². The Bertz CT molecular complexity index is 289. The van der Waals surface area contributed by atoms with Crippen LogP contribution in [0.5, 0.6) is 5.88 Å². The van der Waals surface area contributed by atoms with E-state index in [1.165, 1.54) is 0 Å². The largest absolute Gasteiger partial charge is 0.474 e. The van der Waals surface area contributed by atoms with E-state index in [1.807, 2.05) is 18.2 Å². The first-order valence-corrected chi connectivity index (χ1v) is 5.68. The fourth-order valence-electron chi connectivity index (χ4n) is 2.03. The SMILES string of the molecule is CC[C@@H]1CNCC[C@@H]1Oc1ccccn1. The molecule has 0 aliphatic carbocycles. The molecule has 0 radical (unpaired) electrons. The van der Waals surface area contributed by atoms with Gasteiger partial charge in [0, 0.05) is 24.7 Å². The van der Waals surface area contributed by atoms with E-state index in [0.29, 0.717) is 12.0 Å². The molecule has 1 aromatic rings. The Morgan fingerprint density at radius 1 is 1.53 bits per heavy atom. The summed E-state index contributed by atoms with van der Waals surface area (Å²) < 4.78 is 5.91. The van der Waals surface area contributed by atoms with Gasteiger partial charge in [-0.25, -0.2) is 4.98 Å². The molecular formula is C12H18N2O. The van der Waals surface area contributed by atoms with E-state index in [4.69, 9.17) is 4.74 Å². The maximum atomic E-state index is 5.91. The lowest BCUT2D eigenvalue weighted by Crippen LogP contribution is -2.42. The maximum Gasteiger partial charge on any atom is 0.213 e. The maximum absolute atomic E-state index is 5.91. The predicted molar refractivity (Wildman–Crippen MR) is 59.9 cm³/mol. The molecule has 2 atom stereocenters. The van der Waals surface area contributed by atoms with Gasteiger partial charge in [0.25, 0.3) is 0 Å². The topological polar surface area (TPSA) is 34.1 Å². The number of piperidine rings is 1. The minimum Gasteiger partial charge on any atom is -0.474 e. The number of hydrogen-bond acceptors (Lipinski definition) is 3. The smallest absolute Gasteiger partial charge is 0.213 e. The molecule has 0 bridgehead atoms.